The molecule has 1 aromatic rings. The van der Waals surface area contributed by atoms with Gasteiger partial charge in [-0.3, -0.25) is 0 Å². The van der Waals surface area contributed by atoms with E-state index in [0.717, 1.165) is 17.5 Å². The number of hydrogen-bond donors (Lipinski definition) is 3. The standard InChI is InChI=1S/C13H21NO3/c1-10-4-3-5-11(13(10)16)8-14-12(9-15)6-7-17-2/h3-5,12,14-16H,6-9H2,1-2H3. The zero-order valence-electron chi connectivity index (χ0n) is 10.4. The summed E-state index contributed by atoms with van der Waals surface area (Å²) in [5.74, 6) is 0.323. The van der Waals surface area contributed by atoms with Crippen LogP contribution in [-0.2, 0) is 11.3 Å². The van der Waals surface area contributed by atoms with Crippen molar-refractivity contribution in [2.75, 3.05) is 20.3 Å². The van der Waals surface area contributed by atoms with Gasteiger partial charge in [-0.2, -0.15) is 0 Å². The quantitative estimate of drug-likeness (QED) is 0.669. The lowest BCUT2D eigenvalue weighted by Gasteiger charge is -2.16. The predicted molar refractivity (Wildman–Crippen MR) is 67.1 cm³/mol. The molecule has 0 saturated carbocycles. The molecule has 0 aliphatic carbocycles. The minimum absolute atomic E-state index is 0.00476. The molecule has 0 heterocycles. The minimum atomic E-state index is -0.00476. The third-order valence-electron chi connectivity index (χ3n) is 2.79. The number of nitrogens with one attached hydrogen (secondary N) is 1. The third kappa shape index (κ3) is 4.34. The number of aliphatic hydroxyl groups excluding tert-OH is 1. The normalized spacial score (nSPS) is 12.6. The van der Waals surface area contributed by atoms with Crippen LogP contribution in [0.4, 0.5) is 0 Å². The van der Waals surface area contributed by atoms with Crippen LogP contribution in [0.2, 0.25) is 0 Å². The number of phenolic OH excluding ortho intramolecular Hbond substituents is 1. The Hall–Kier alpha value is -1.10. The molecule has 1 rings (SSSR count). The number of aromatic hydroxyl groups is 1. The van der Waals surface area contributed by atoms with E-state index in [9.17, 15) is 10.2 Å². The number of aryl methyl sites for hydroxylation is 1. The lowest BCUT2D eigenvalue weighted by Crippen LogP contribution is -2.33. The first-order valence-electron chi connectivity index (χ1n) is 5.79. The number of para-hydroxylation sites is 1. The third-order valence-corrected chi connectivity index (χ3v) is 2.79. The van der Waals surface area contributed by atoms with Crippen LogP contribution in [-0.4, -0.2) is 36.6 Å². The highest BCUT2D eigenvalue weighted by atomic mass is 16.5. The molecular formula is C13H21NO3. The van der Waals surface area contributed by atoms with Gasteiger partial charge in [0.25, 0.3) is 0 Å². The highest BCUT2D eigenvalue weighted by molar-refractivity contribution is 5.39. The van der Waals surface area contributed by atoms with Gasteiger partial charge in [-0.15, -0.1) is 0 Å². The number of ether oxygens (including phenoxy) is 1. The van der Waals surface area contributed by atoms with E-state index in [-0.39, 0.29) is 12.6 Å². The van der Waals surface area contributed by atoms with Crippen LogP contribution in [0.3, 0.4) is 0 Å². The molecule has 0 radical (unpaired) electrons. The second-order valence-electron chi connectivity index (χ2n) is 4.12. The molecule has 17 heavy (non-hydrogen) atoms. The Kier molecular flexibility index (Phi) is 5.97. The van der Waals surface area contributed by atoms with Crippen LogP contribution in [0.25, 0.3) is 0 Å². The molecule has 0 bridgehead atoms. The van der Waals surface area contributed by atoms with Gasteiger partial charge in [-0.05, 0) is 18.9 Å². The van der Waals surface area contributed by atoms with Crippen molar-refractivity contribution < 1.29 is 14.9 Å². The first-order chi connectivity index (χ1) is 8.19. The molecule has 96 valence electrons. The number of rotatable bonds is 7. The molecule has 0 aliphatic rings. The Balaban J connectivity index is 2.50. The van der Waals surface area contributed by atoms with E-state index in [1.165, 1.54) is 0 Å². The Morgan fingerprint density at radius 1 is 1.41 bits per heavy atom. The first-order valence-corrected chi connectivity index (χ1v) is 5.79. The summed E-state index contributed by atoms with van der Waals surface area (Å²) in [7, 11) is 1.64. The van der Waals surface area contributed by atoms with Gasteiger partial charge in [0.2, 0.25) is 0 Å². The largest absolute Gasteiger partial charge is 0.507 e. The molecule has 0 aliphatic heterocycles. The van der Waals surface area contributed by atoms with E-state index in [0.29, 0.717) is 18.9 Å². The average molecular weight is 239 g/mol. The Morgan fingerprint density at radius 3 is 2.82 bits per heavy atom. The summed E-state index contributed by atoms with van der Waals surface area (Å²) in [6, 6.07) is 5.65. The Morgan fingerprint density at radius 2 is 2.18 bits per heavy atom. The van der Waals surface area contributed by atoms with Gasteiger partial charge in [0.1, 0.15) is 5.75 Å². The fourth-order valence-electron chi connectivity index (χ4n) is 1.63. The number of hydrogen-bond acceptors (Lipinski definition) is 4. The maximum absolute atomic E-state index is 9.83. The van der Waals surface area contributed by atoms with E-state index in [1.54, 1.807) is 7.11 Å². The van der Waals surface area contributed by atoms with Crippen molar-refractivity contribution in [3.05, 3.63) is 29.3 Å². The Bertz CT molecular complexity index is 341. The van der Waals surface area contributed by atoms with Crippen molar-refractivity contribution in [3.8, 4) is 5.75 Å². The van der Waals surface area contributed by atoms with E-state index in [4.69, 9.17) is 4.74 Å². The van der Waals surface area contributed by atoms with E-state index in [2.05, 4.69) is 5.32 Å². The van der Waals surface area contributed by atoms with Gasteiger partial charge in [0, 0.05) is 31.9 Å². The number of benzene rings is 1. The van der Waals surface area contributed by atoms with Gasteiger partial charge >= 0.3 is 0 Å². The van der Waals surface area contributed by atoms with Crippen molar-refractivity contribution >= 4 is 0 Å². The maximum Gasteiger partial charge on any atom is 0.122 e. The highest BCUT2D eigenvalue weighted by Gasteiger charge is 2.08. The van der Waals surface area contributed by atoms with E-state index >= 15 is 0 Å². The second kappa shape index (κ2) is 7.27. The van der Waals surface area contributed by atoms with E-state index in [1.807, 2.05) is 25.1 Å². The lowest BCUT2D eigenvalue weighted by atomic mass is 10.1. The average Bonchev–Trinajstić information content (AvgIpc) is 2.34. The monoisotopic (exact) mass is 239 g/mol. The summed E-state index contributed by atoms with van der Waals surface area (Å²) in [6.07, 6.45) is 0.750. The summed E-state index contributed by atoms with van der Waals surface area (Å²) >= 11 is 0. The Labute approximate surface area is 102 Å². The minimum Gasteiger partial charge on any atom is -0.507 e. The molecule has 4 heteroatoms. The molecule has 4 nitrogen and oxygen atoms in total. The van der Waals surface area contributed by atoms with Gasteiger partial charge in [0.15, 0.2) is 0 Å². The zero-order chi connectivity index (χ0) is 12.7. The predicted octanol–water partition coefficient (Wildman–Crippen LogP) is 1.19. The molecular weight excluding hydrogens is 218 g/mol. The summed E-state index contributed by atoms with van der Waals surface area (Å²) in [4.78, 5) is 0. The van der Waals surface area contributed by atoms with Gasteiger partial charge in [0.05, 0.1) is 6.61 Å². The molecule has 0 aromatic heterocycles. The lowest BCUT2D eigenvalue weighted by molar-refractivity contribution is 0.159. The number of methoxy groups -OCH3 is 1. The van der Waals surface area contributed by atoms with Crippen LogP contribution >= 0.6 is 0 Å². The molecule has 1 aromatic carbocycles. The SMILES string of the molecule is COCCC(CO)NCc1cccc(C)c1O. The van der Waals surface area contributed by atoms with Crippen molar-refractivity contribution in [1.29, 1.82) is 0 Å². The summed E-state index contributed by atoms with van der Waals surface area (Å²) in [6.45, 7) is 3.09. The van der Waals surface area contributed by atoms with Crippen LogP contribution in [0.5, 0.6) is 5.75 Å². The molecule has 3 N–H and O–H groups in total. The van der Waals surface area contributed by atoms with Gasteiger partial charge < -0.3 is 20.3 Å². The fourth-order valence-corrected chi connectivity index (χ4v) is 1.63. The van der Waals surface area contributed by atoms with Gasteiger partial charge in [-0.25, -0.2) is 0 Å². The first kappa shape index (κ1) is 14.0. The molecule has 0 spiro atoms. The molecule has 0 fully saturated rings. The summed E-state index contributed by atoms with van der Waals surface area (Å²) < 4.78 is 4.97. The molecule has 1 atom stereocenters. The van der Waals surface area contributed by atoms with Crippen molar-refractivity contribution in [3.63, 3.8) is 0 Å². The molecule has 0 amide bonds. The fraction of sp³-hybridized carbons (Fsp3) is 0.538. The van der Waals surface area contributed by atoms with Crippen molar-refractivity contribution in [1.82, 2.24) is 5.32 Å². The smallest absolute Gasteiger partial charge is 0.122 e. The maximum atomic E-state index is 9.83. The van der Waals surface area contributed by atoms with Crippen molar-refractivity contribution in [2.45, 2.75) is 25.9 Å². The van der Waals surface area contributed by atoms with Crippen LogP contribution in [0, 0.1) is 6.92 Å². The van der Waals surface area contributed by atoms with Crippen LogP contribution < -0.4 is 5.32 Å². The second-order valence-corrected chi connectivity index (χ2v) is 4.12. The number of aliphatic hydroxyl groups is 1. The van der Waals surface area contributed by atoms with E-state index < -0.39 is 0 Å². The van der Waals surface area contributed by atoms with Crippen molar-refractivity contribution in [2.24, 2.45) is 0 Å². The van der Waals surface area contributed by atoms with Crippen LogP contribution in [0.1, 0.15) is 17.5 Å². The summed E-state index contributed by atoms with van der Waals surface area (Å²) in [5, 5.41) is 22.2. The highest BCUT2D eigenvalue weighted by Crippen LogP contribution is 2.21. The molecule has 0 saturated heterocycles. The number of phenols is 1. The summed E-state index contributed by atoms with van der Waals surface area (Å²) in [5.41, 5.74) is 1.71. The van der Waals surface area contributed by atoms with Gasteiger partial charge in [-0.1, -0.05) is 18.2 Å². The topological polar surface area (TPSA) is 61.7 Å². The van der Waals surface area contributed by atoms with Crippen LogP contribution in [0.15, 0.2) is 18.2 Å². The zero-order valence-corrected chi connectivity index (χ0v) is 10.4. The molecule has 1 unspecified atom stereocenters.